The van der Waals surface area contributed by atoms with E-state index in [9.17, 15) is 14.7 Å². The molecule has 2 aromatic carbocycles. The van der Waals surface area contributed by atoms with Crippen LogP contribution in [0.4, 0.5) is 16.3 Å². The number of pyridine rings is 1. The number of nitrogens with one attached hydrogen (secondary N) is 1. The molecule has 2 N–H and O–H groups in total. The van der Waals surface area contributed by atoms with Crippen LogP contribution in [0.15, 0.2) is 73.1 Å². The van der Waals surface area contributed by atoms with E-state index in [1.165, 1.54) is 4.90 Å². The van der Waals surface area contributed by atoms with Crippen molar-refractivity contribution < 1.29 is 14.7 Å². The van der Waals surface area contributed by atoms with Crippen LogP contribution in [0.5, 0.6) is 0 Å². The molecule has 0 fully saturated rings. The maximum atomic E-state index is 12.4. The van der Waals surface area contributed by atoms with Crippen LogP contribution >= 0.6 is 0 Å². The summed E-state index contributed by atoms with van der Waals surface area (Å²) < 4.78 is 0. The molecule has 0 bridgehead atoms. The summed E-state index contributed by atoms with van der Waals surface area (Å²) in [5, 5.41) is 21.5. The van der Waals surface area contributed by atoms with Gasteiger partial charge >= 0.3 is 6.09 Å². The molecule has 0 radical (unpaired) electrons. The van der Waals surface area contributed by atoms with Crippen LogP contribution in [0.2, 0.25) is 0 Å². The summed E-state index contributed by atoms with van der Waals surface area (Å²) in [6.07, 6.45) is 2.68. The highest BCUT2D eigenvalue weighted by molar-refractivity contribution is 6.06. The monoisotopic (exact) mass is 413 g/mol. The molecule has 31 heavy (non-hydrogen) atoms. The number of aromatic nitrogens is 3. The Morgan fingerprint density at radius 3 is 2.45 bits per heavy atom. The van der Waals surface area contributed by atoms with Crippen molar-refractivity contribution in [3.05, 3.63) is 78.6 Å². The van der Waals surface area contributed by atoms with Crippen molar-refractivity contribution in [1.82, 2.24) is 15.2 Å². The lowest BCUT2D eigenvalue weighted by molar-refractivity contribution is -0.105. The number of hydrogen-bond donors (Lipinski definition) is 2. The van der Waals surface area contributed by atoms with Crippen molar-refractivity contribution in [2.75, 3.05) is 10.2 Å². The Morgan fingerprint density at radius 2 is 1.77 bits per heavy atom. The third-order valence-corrected chi connectivity index (χ3v) is 5.06. The van der Waals surface area contributed by atoms with Crippen molar-refractivity contribution in [1.29, 1.82) is 0 Å². The van der Waals surface area contributed by atoms with Crippen LogP contribution in [0.1, 0.15) is 18.5 Å². The first-order valence-electron chi connectivity index (χ1n) is 9.58. The van der Waals surface area contributed by atoms with Gasteiger partial charge in [0.1, 0.15) is 5.69 Å². The van der Waals surface area contributed by atoms with Gasteiger partial charge in [-0.2, -0.15) is 0 Å². The van der Waals surface area contributed by atoms with Crippen LogP contribution in [0.3, 0.4) is 0 Å². The molecule has 4 rings (SSSR count). The minimum atomic E-state index is -1.17. The number of amides is 2. The van der Waals surface area contributed by atoms with Gasteiger partial charge in [-0.15, -0.1) is 10.2 Å². The fourth-order valence-electron chi connectivity index (χ4n) is 3.55. The van der Waals surface area contributed by atoms with Gasteiger partial charge in [-0.3, -0.25) is 14.7 Å². The summed E-state index contributed by atoms with van der Waals surface area (Å²) in [6.45, 7) is 1.78. The molecule has 2 heterocycles. The van der Waals surface area contributed by atoms with Gasteiger partial charge in [-0.25, -0.2) is 4.79 Å². The number of anilines is 2. The number of benzene rings is 2. The summed E-state index contributed by atoms with van der Waals surface area (Å²) in [6, 6.07) is 18.0. The molecule has 8 heteroatoms. The Kier molecular flexibility index (Phi) is 5.53. The van der Waals surface area contributed by atoms with E-state index in [1.807, 2.05) is 54.6 Å². The van der Waals surface area contributed by atoms with E-state index >= 15 is 0 Å². The van der Waals surface area contributed by atoms with Crippen molar-refractivity contribution in [3.8, 4) is 11.1 Å². The second-order valence-corrected chi connectivity index (χ2v) is 6.87. The second kappa shape index (κ2) is 8.58. The molecule has 1 atom stereocenters. The minimum absolute atomic E-state index is 0.0735. The van der Waals surface area contributed by atoms with Gasteiger partial charge in [0.25, 0.3) is 0 Å². The highest BCUT2D eigenvalue weighted by atomic mass is 16.4. The second-order valence-electron chi connectivity index (χ2n) is 6.87. The average molecular weight is 413 g/mol. The smallest absolute Gasteiger partial charge is 0.412 e. The van der Waals surface area contributed by atoms with E-state index < -0.39 is 12.1 Å². The molecule has 2 amide bonds. The largest absolute Gasteiger partial charge is 0.465 e. The Hall–Kier alpha value is -4.33. The summed E-state index contributed by atoms with van der Waals surface area (Å²) >= 11 is 0. The Labute approximate surface area is 178 Å². The van der Waals surface area contributed by atoms with Gasteiger partial charge in [0, 0.05) is 17.8 Å². The number of rotatable bonds is 6. The minimum Gasteiger partial charge on any atom is -0.465 e. The van der Waals surface area contributed by atoms with E-state index in [4.69, 9.17) is 0 Å². The molecule has 2 aromatic heterocycles. The predicted molar refractivity (Wildman–Crippen MR) is 118 cm³/mol. The molecule has 0 unspecified atom stereocenters. The first-order valence-corrected chi connectivity index (χ1v) is 9.58. The Morgan fingerprint density at radius 1 is 1.03 bits per heavy atom. The molecule has 0 spiro atoms. The highest BCUT2D eigenvalue weighted by Crippen LogP contribution is 2.38. The molecule has 0 saturated heterocycles. The molecular formula is C23H19N5O3. The zero-order chi connectivity index (χ0) is 21.8. The van der Waals surface area contributed by atoms with E-state index in [2.05, 4.69) is 20.5 Å². The predicted octanol–water partition coefficient (Wildman–Crippen LogP) is 4.51. The quantitative estimate of drug-likeness (QED) is 0.450. The van der Waals surface area contributed by atoms with Gasteiger partial charge < -0.3 is 10.4 Å². The first-order chi connectivity index (χ1) is 15.1. The third-order valence-electron chi connectivity index (χ3n) is 5.06. The van der Waals surface area contributed by atoms with E-state index in [-0.39, 0.29) is 11.5 Å². The van der Waals surface area contributed by atoms with Crippen molar-refractivity contribution in [2.24, 2.45) is 0 Å². The van der Waals surface area contributed by atoms with Gasteiger partial charge in [0.2, 0.25) is 6.41 Å². The van der Waals surface area contributed by atoms with Gasteiger partial charge in [-0.05, 0) is 47.9 Å². The topological polar surface area (TPSA) is 108 Å². The van der Waals surface area contributed by atoms with E-state index in [0.29, 0.717) is 17.3 Å². The maximum absolute atomic E-state index is 12.4. The summed E-state index contributed by atoms with van der Waals surface area (Å²) in [5.41, 5.74) is 3.42. The maximum Gasteiger partial charge on any atom is 0.412 e. The lowest BCUT2D eigenvalue weighted by atomic mass is 10.0. The fourth-order valence-corrected chi connectivity index (χ4v) is 3.55. The highest BCUT2D eigenvalue weighted by Gasteiger charge is 2.28. The molecule has 154 valence electrons. The number of fused-ring (bicyclic) bond motifs is 1. The lowest BCUT2D eigenvalue weighted by Crippen LogP contribution is -2.33. The molecule has 8 nitrogen and oxygen atoms in total. The molecule has 0 aliphatic heterocycles. The normalized spacial score (nSPS) is 11.6. The zero-order valence-electron chi connectivity index (χ0n) is 16.6. The molecule has 0 aliphatic carbocycles. The van der Waals surface area contributed by atoms with Crippen molar-refractivity contribution in [3.63, 3.8) is 0 Å². The van der Waals surface area contributed by atoms with Gasteiger partial charge in [0.15, 0.2) is 5.82 Å². The molecule has 0 saturated carbocycles. The van der Waals surface area contributed by atoms with Crippen LogP contribution in [-0.4, -0.2) is 32.8 Å². The summed E-state index contributed by atoms with van der Waals surface area (Å²) in [5.74, 6) is 0.0735. The summed E-state index contributed by atoms with van der Waals surface area (Å²) in [4.78, 5) is 28.8. The van der Waals surface area contributed by atoms with Crippen LogP contribution < -0.4 is 10.2 Å². The number of nitrogens with zero attached hydrogens (tertiary/aromatic N) is 4. The number of carbonyl (C=O) groups excluding carboxylic acids is 1. The van der Waals surface area contributed by atoms with E-state index in [1.54, 1.807) is 25.4 Å². The SMILES string of the molecule is C[C@@H](c1ccccc1)N(C(=O)O)c1c(NC=O)nnc2cc(-c3ccncc3)ccc12. The molecule has 4 aromatic rings. The Bertz CT molecular complexity index is 1230. The van der Waals surface area contributed by atoms with Crippen LogP contribution in [-0.2, 0) is 4.79 Å². The van der Waals surface area contributed by atoms with Gasteiger partial charge in [0.05, 0.1) is 11.6 Å². The van der Waals surface area contributed by atoms with Crippen LogP contribution in [0, 0.1) is 0 Å². The number of carboxylic acid groups (broad SMARTS) is 1. The van der Waals surface area contributed by atoms with Crippen molar-refractivity contribution in [2.45, 2.75) is 13.0 Å². The molecular weight excluding hydrogens is 394 g/mol. The van der Waals surface area contributed by atoms with Gasteiger partial charge in [-0.1, -0.05) is 36.4 Å². The lowest BCUT2D eigenvalue weighted by Gasteiger charge is -2.29. The van der Waals surface area contributed by atoms with Crippen molar-refractivity contribution >= 4 is 34.9 Å². The number of hydrogen-bond acceptors (Lipinski definition) is 5. The zero-order valence-corrected chi connectivity index (χ0v) is 16.6. The average Bonchev–Trinajstić information content (AvgIpc) is 2.81. The fraction of sp³-hybridized carbons (Fsp3) is 0.0870. The standard InChI is InChI=1S/C23H19N5O3/c1-15(16-5-3-2-4-6-16)28(23(30)31)21-19-8-7-18(17-9-11-24-12-10-17)13-20(19)26-27-22(21)25-14-29/h2-15H,1H3,(H,30,31)(H,25,27,29)/t15-/m0/s1. The van der Waals surface area contributed by atoms with Crippen LogP contribution in [0.25, 0.3) is 22.0 Å². The third kappa shape index (κ3) is 3.91. The van der Waals surface area contributed by atoms with E-state index in [0.717, 1.165) is 16.7 Å². The molecule has 0 aliphatic rings. The summed E-state index contributed by atoms with van der Waals surface area (Å²) in [7, 11) is 0. The Balaban J connectivity index is 1.91. The first kappa shape index (κ1) is 20.0. The number of carbonyl (C=O) groups is 2.